The van der Waals surface area contributed by atoms with Crippen molar-refractivity contribution < 1.29 is 0 Å². The van der Waals surface area contributed by atoms with Gasteiger partial charge in [0.25, 0.3) is 0 Å². The summed E-state index contributed by atoms with van der Waals surface area (Å²) in [6.45, 7) is 0. The van der Waals surface area contributed by atoms with E-state index in [0.717, 1.165) is 5.33 Å². The predicted octanol–water partition coefficient (Wildman–Crippen LogP) is 9.25. The number of hydrogen-bond acceptors (Lipinski definition) is 0. The van der Waals surface area contributed by atoms with E-state index >= 15 is 0 Å². The van der Waals surface area contributed by atoms with Gasteiger partial charge < -0.3 is 0 Å². The lowest BCUT2D eigenvalue weighted by Crippen LogP contribution is -2.29. The molecular formula is C34H23Br. The van der Waals surface area contributed by atoms with Crippen molar-refractivity contribution in [2.45, 2.75) is 10.7 Å². The van der Waals surface area contributed by atoms with Gasteiger partial charge in [0.15, 0.2) is 0 Å². The van der Waals surface area contributed by atoms with E-state index in [1.807, 2.05) is 0 Å². The number of halogens is 1. The Morgan fingerprint density at radius 3 is 1.63 bits per heavy atom. The zero-order valence-corrected chi connectivity index (χ0v) is 20.8. The first-order valence-electron chi connectivity index (χ1n) is 12.1. The van der Waals surface area contributed by atoms with Crippen LogP contribution in [-0.4, -0.2) is 0 Å². The standard InChI is InChI=1S/C34H23Br/c35-22-23-19-20-30-31(21-23)34(24-11-3-1-4-12-24,25-13-5-2-6-14-25)33-29-18-10-8-16-27(29)26-15-7-9-17-28(26)32(30)33/h1-21H,22H2. The van der Waals surface area contributed by atoms with E-state index in [4.69, 9.17) is 0 Å². The Kier molecular flexibility index (Phi) is 4.69. The quantitative estimate of drug-likeness (QED) is 0.164. The van der Waals surface area contributed by atoms with Crippen molar-refractivity contribution in [1.82, 2.24) is 0 Å². The minimum atomic E-state index is -0.408. The van der Waals surface area contributed by atoms with Gasteiger partial charge in [-0.05, 0) is 60.5 Å². The zero-order chi connectivity index (χ0) is 23.4. The van der Waals surface area contributed by atoms with Crippen molar-refractivity contribution in [1.29, 1.82) is 0 Å². The first kappa shape index (κ1) is 20.7. The predicted molar refractivity (Wildman–Crippen MR) is 151 cm³/mol. The normalized spacial score (nSPS) is 13.6. The highest BCUT2D eigenvalue weighted by Gasteiger charge is 2.48. The van der Waals surface area contributed by atoms with Crippen LogP contribution in [0.1, 0.15) is 27.8 Å². The Labute approximate surface area is 214 Å². The van der Waals surface area contributed by atoms with Crippen molar-refractivity contribution in [2.75, 3.05) is 0 Å². The van der Waals surface area contributed by atoms with Gasteiger partial charge in [-0.25, -0.2) is 0 Å². The first-order valence-corrected chi connectivity index (χ1v) is 13.2. The van der Waals surface area contributed by atoms with E-state index in [2.05, 4.69) is 143 Å². The first-order chi connectivity index (χ1) is 17.3. The molecule has 0 amide bonds. The van der Waals surface area contributed by atoms with Crippen LogP contribution in [0.2, 0.25) is 0 Å². The summed E-state index contributed by atoms with van der Waals surface area (Å²) in [5.41, 5.74) is 8.95. The number of benzene rings is 6. The SMILES string of the molecule is BrCc1ccc2c(c1)C(c1ccccc1)(c1ccccc1)c1c-2c2ccccc2c2ccccc12. The lowest BCUT2D eigenvalue weighted by molar-refractivity contribution is 0.775. The van der Waals surface area contributed by atoms with Crippen molar-refractivity contribution in [2.24, 2.45) is 0 Å². The molecule has 166 valence electrons. The number of fused-ring (bicyclic) bond motifs is 8. The van der Waals surface area contributed by atoms with E-state index in [-0.39, 0.29) is 0 Å². The van der Waals surface area contributed by atoms with Crippen LogP contribution < -0.4 is 0 Å². The molecule has 0 N–H and O–H groups in total. The summed E-state index contributed by atoms with van der Waals surface area (Å²) >= 11 is 3.73. The van der Waals surface area contributed by atoms with Gasteiger partial charge >= 0.3 is 0 Å². The van der Waals surface area contributed by atoms with Crippen molar-refractivity contribution >= 4 is 37.5 Å². The molecule has 0 radical (unpaired) electrons. The van der Waals surface area contributed by atoms with Crippen LogP contribution in [0.4, 0.5) is 0 Å². The maximum atomic E-state index is 3.73. The molecule has 6 aromatic carbocycles. The van der Waals surface area contributed by atoms with Gasteiger partial charge in [0.1, 0.15) is 0 Å². The van der Waals surface area contributed by atoms with Crippen LogP contribution in [0.5, 0.6) is 0 Å². The molecule has 6 aromatic rings. The van der Waals surface area contributed by atoms with Crippen LogP contribution in [0.15, 0.2) is 127 Å². The molecule has 0 nitrogen and oxygen atoms in total. The molecule has 0 saturated carbocycles. The third-order valence-electron chi connectivity index (χ3n) is 7.63. The average Bonchev–Trinajstić information content (AvgIpc) is 3.25. The molecule has 1 aliphatic carbocycles. The maximum Gasteiger partial charge on any atom is 0.0719 e. The molecule has 0 unspecified atom stereocenters. The highest BCUT2D eigenvalue weighted by atomic mass is 79.9. The summed E-state index contributed by atoms with van der Waals surface area (Å²) in [5, 5.41) is 6.10. The molecule has 0 heterocycles. The van der Waals surface area contributed by atoms with Crippen LogP contribution in [-0.2, 0) is 10.7 Å². The Bertz CT molecular complexity index is 1680. The molecule has 0 bridgehead atoms. The second-order valence-electron chi connectivity index (χ2n) is 9.34. The fourth-order valence-electron chi connectivity index (χ4n) is 6.29. The molecule has 7 rings (SSSR count). The third-order valence-corrected chi connectivity index (χ3v) is 8.28. The molecule has 0 spiro atoms. The minimum absolute atomic E-state index is 0.408. The topological polar surface area (TPSA) is 0 Å². The molecule has 1 aliphatic rings. The number of rotatable bonds is 3. The Morgan fingerprint density at radius 2 is 1.03 bits per heavy atom. The largest absolute Gasteiger partial charge is 0.0876 e. The molecule has 0 aromatic heterocycles. The summed E-state index contributed by atoms with van der Waals surface area (Å²) in [5.74, 6) is 0. The fraction of sp³-hybridized carbons (Fsp3) is 0.0588. The maximum absolute atomic E-state index is 3.73. The van der Waals surface area contributed by atoms with Crippen molar-refractivity contribution in [3.63, 3.8) is 0 Å². The van der Waals surface area contributed by atoms with Crippen LogP contribution in [0.25, 0.3) is 32.7 Å². The summed E-state index contributed by atoms with van der Waals surface area (Å²) < 4.78 is 0. The van der Waals surface area contributed by atoms with Gasteiger partial charge in [-0.2, -0.15) is 0 Å². The Hall–Kier alpha value is -3.68. The van der Waals surface area contributed by atoms with Gasteiger partial charge in [0.2, 0.25) is 0 Å². The molecule has 35 heavy (non-hydrogen) atoms. The highest BCUT2D eigenvalue weighted by molar-refractivity contribution is 9.08. The second kappa shape index (κ2) is 7.93. The summed E-state index contributed by atoms with van der Waals surface area (Å²) in [7, 11) is 0. The lowest BCUT2D eigenvalue weighted by atomic mass is 9.66. The van der Waals surface area contributed by atoms with Gasteiger partial charge in [-0.3, -0.25) is 0 Å². The van der Waals surface area contributed by atoms with E-state index in [1.54, 1.807) is 0 Å². The van der Waals surface area contributed by atoms with Crippen LogP contribution in [0, 0.1) is 0 Å². The summed E-state index contributed by atoms with van der Waals surface area (Å²) in [6.07, 6.45) is 0. The van der Waals surface area contributed by atoms with E-state index in [9.17, 15) is 0 Å². The van der Waals surface area contributed by atoms with E-state index in [0.29, 0.717) is 0 Å². The summed E-state index contributed by atoms with van der Waals surface area (Å²) in [6, 6.07) is 47.1. The minimum Gasteiger partial charge on any atom is -0.0876 e. The molecule has 0 fully saturated rings. The van der Waals surface area contributed by atoms with Crippen molar-refractivity contribution in [3.8, 4) is 11.1 Å². The van der Waals surface area contributed by atoms with Gasteiger partial charge in [0.05, 0.1) is 5.41 Å². The van der Waals surface area contributed by atoms with E-state index < -0.39 is 5.41 Å². The molecular weight excluding hydrogens is 488 g/mol. The lowest BCUT2D eigenvalue weighted by Gasteiger charge is -2.35. The Balaban J connectivity index is 1.80. The zero-order valence-electron chi connectivity index (χ0n) is 19.2. The molecule has 1 heteroatoms. The monoisotopic (exact) mass is 510 g/mol. The van der Waals surface area contributed by atoms with Crippen LogP contribution >= 0.6 is 15.9 Å². The fourth-order valence-corrected chi connectivity index (χ4v) is 6.64. The van der Waals surface area contributed by atoms with Gasteiger partial charge in [-0.1, -0.05) is 143 Å². The Morgan fingerprint density at radius 1 is 0.514 bits per heavy atom. The molecule has 0 saturated heterocycles. The van der Waals surface area contributed by atoms with Crippen LogP contribution in [0.3, 0.4) is 0 Å². The van der Waals surface area contributed by atoms with E-state index in [1.165, 1.54) is 60.5 Å². The van der Waals surface area contributed by atoms with Crippen molar-refractivity contribution in [3.05, 3.63) is 155 Å². The van der Waals surface area contributed by atoms with Gasteiger partial charge in [-0.15, -0.1) is 0 Å². The molecule has 0 aliphatic heterocycles. The number of hydrogen-bond donors (Lipinski definition) is 0. The smallest absolute Gasteiger partial charge is 0.0719 e. The highest BCUT2D eigenvalue weighted by Crippen LogP contribution is 2.60. The van der Waals surface area contributed by atoms with Gasteiger partial charge in [0, 0.05) is 5.33 Å². The number of alkyl halides is 1. The average molecular weight is 511 g/mol. The summed E-state index contributed by atoms with van der Waals surface area (Å²) in [4.78, 5) is 0. The molecule has 0 atom stereocenters. The third kappa shape index (κ3) is 2.79. The second-order valence-corrected chi connectivity index (χ2v) is 9.90.